The Labute approximate surface area is 125 Å². The lowest BCUT2D eigenvalue weighted by molar-refractivity contribution is 0.174. The van der Waals surface area contributed by atoms with Gasteiger partial charge in [-0.05, 0) is 40.6 Å². The Kier molecular flexibility index (Phi) is 3.74. The Bertz CT molecular complexity index is 753. The van der Waals surface area contributed by atoms with E-state index in [0.717, 1.165) is 10.9 Å². The number of thiophene rings is 1. The molecule has 0 radical (unpaired) electrons. The molecule has 0 bridgehead atoms. The van der Waals surface area contributed by atoms with Crippen molar-refractivity contribution >= 4 is 33.0 Å². The molecule has 0 aliphatic rings. The minimum absolute atomic E-state index is 0.243. The summed E-state index contributed by atoms with van der Waals surface area (Å²) in [5.74, 6) is -0.429. The normalized spacial score (nSPS) is 12.8. The molecule has 0 fully saturated rings. The Morgan fingerprint density at radius 2 is 2.00 bits per heavy atom. The summed E-state index contributed by atoms with van der Waals surface area (Å²) >= 11 is 7.49. The summed E-state index contributed by atoms with van der Waals surface area (Å²) in [6, 6.07) is 12.2. The molecule has 0 spiro atoms. The molecule has 0 saturated heterocycles. The zero-order valence-corrected chi connectivity index (χ0v) is 12.1. The van der Waals surface area contributed by atoms with E-state index in [-0.39, 0.29) is 5.56 Å². The minimum Gasteiger partial charge on any atom is -0.388 e. The molecule has 1 aromatic heterocycles. The Morgan fingerprint density at radius 1 is 1.20 bits per heavy atom. The fourth-order valence-corrected chi connectivity index (χ4v) is 3.44. The highest BCUT2D eigenvalue weighted by atomic mass is 35.5. The maximum absolute atomic E-state index is 13.7. The SMILES string of the molecule is OC(Cc1csc2ccccc12)c1cc(Cl)ccc1F. The van der Waals surface area contributed by atoms with Crippen LogP contribution in [0.15, 0.2) is 47.8 Å². The van der Waals surface area contributed by atoms with Gasteiger partial charge in [0.2, 0.25) is 0 Å². The van der Waals surface area contributed by atoms with Crippen LogP contribution >= 0.6 is 22.9 Å². The van der Waals surface area contributed by atoms with Crippen LogP contribution < -0.4 is 0 Å². The van der Waals surface area contributed by atoms with Gasteiger partial charge in [0.25, 0.3) is 0 Å². The average Bonchev–Trinajstić information content (AvgIpc) is 2.85. The molecule has 1 N–H and O–H groups in total. The van der Waals surface area contributed by atoms with Gasteiger partial charge in [0.1, 0.15) is 5.82 Å². The van der Waals surface area contributed by atoms with Gasteiger partial charge in [-0.2, -0.15) is 0 Å². The van der Waals surface area contributed by atoms with E-state index < -0.39 is 11.9 Å². The van der Waals surface area contributed by atoms with Crippen molar-refractivity contribution in [3.8, 4) is 0 Å². The number of fused-ring (bicyclic) bond motifs is 1. The fourth-order valence-electron chi connectivity index (χ4n) is 2.28. The third-order valence-corrected chi connectivity index (χ3v) is 4.54. The maximum Gasteiger partial charge on any atom is 0.129 e. The van der Waals surface area contributed by atoms with Gasteiger partial charge in [0.05, 0.1) is 6.10 Å². The standard InChI is InChI=1S/C16H12ClFOS/c17-11-5-6-14(18)13(8-11)15(19)7-10-9-20-16-4-2-1-3-12(10)16/h1-6,8-9,15,19H,7H2. The van der Waals surface area contributed by atoms with Crippen molar-refractivity contribution in [2.75, 3.05) is 0 Å². The van der Waals surface area contributed by atoms with Crippen molar-refractivity contribution < 1.29 is 9.50 Å². The van der Waals surface area contributed by atoms with E-state index in [0.29, 0.717) is 11.4 Å². The number of hydrogen-bond acceptors (Lipinski definition) is 2. The highest BCUT2D eigenvalue weighted by Gasteiger charge is 2.16. The van der Waals surface area contributed by atoms with Crippen molar-refractivity contribution in [2.24, 2.45) is 0 Å². The molecular formula is C16H12ClFOS. The summed E-state index contributed by atoms with van der Waals surface area (Å²) in [6.45, 7) is 0. The number of rotatable bonds is 3. The number of aliphatic hydroxyl groups is 1. The van der Waals surface area contributed by atoms with Gasteiger partial charge in [-0.15, -0.1) is 11.3 Å². The molecule has 3 rings (SSSR count). The van der Waals surface area contributed by atoms with E-state index in [9.17, 15) is 9.50 Å². The zero-order chi connectivity index (χ0) is 14.1. The molecule has 0 aliphatic heterocycles. The van der Waals surface area contributed by atoms with Gasteiger partial charge in [-0.1, -0.05) is 29.8 Å². The minimum atomic E-state index is -0.897. The third-order valence-electron chi connectivity index (χ3n) is 3.29. The first-order chi connectivity index (χ1) is 9.65. The van der Waals surface area contributed by atoms with Crippen molar-refractivity contribution in [3.63, 3.8) is 0 Å². The van der Waals surface area contributed by atoms with Crippen LogP contribution in [0.4, 0.5) is 4.39 Å². The van der Waals surface area contributed by atoms with E-state index in [1.165, 1.54) is 22.9 Å². The number of hydrogen-bond donors (Lipinski definition) is 1. The molecule has 1 heterocycles. The molecule has 1 nitrogen and oxygen atoms in total. The van der Waals surface area contributed by atoms with Crippen LogP contribution in [0.25, 0.3) is 10.1 Å². The van der Waals surface area contributed by atoms with Crippen LogP contribution in [0, 0.1) is 5.82 Å². The van der Waals surface area contributed by atoms with E-state index in [2.05, 4.69) is 0 Å². The fraction of sp³-hybridized carbons (Fsp3) is 0.125. The summed E-state index contributed by atoms with van der Waals surface area (Å²) in [5.41, 5.74) is 1.27. The van der Waals surface area contributed by atoms with Crippen molar-refractivity contribution in [2.45, 2.75) is 12.5 Å². The van der Waals surface area contributed by atoms with Gasteiger partial charge in [0, 0.05) is 21.7 Å². The topological polar surface area (TPSA) is 20.2 Å². The lowest BCUT2D eigenvalue weighted by atomic mass is 10.0. The predicted octanol–water partition coefficient (Wildman–Crippen LogP) is 4.97. The molecule has 3 aromatic rings. The quantitative estimate of drug-likeness (QED) is 0.724. The number of benzene rings is 2. The Morgan fingerprint density at radius 3 is 2.85 bits per heavy atom. The summed E-state index contributed by atoms with van der Waals surface area (Å²) in [6.07, 6.45) is -0.520. The summed E-state index contributed by atoms with van der Waals surface area (Å²) in [5, 5.41) is 13.8. The van der Waals surface area contributed by atoms with Gasteiger partial charge in [-0.25, -0.2) is 4.39 Å². The second-order valence-corrected chi connectivity index (χ2v) is 5.99. The van der Waals surface area contributed by atoms with E-state index in [1.54, 1.807) is 11.3 Å². The van der Waals surface area contributed by atoms with Crippen molar-refractivity contribution in [1.82, 2.24) is 0 Å². The highest BCUT2D eigenvalue weighted by molar-refractivity contribution is 7.17. The molecule has 1 atom stereocenters. The molecule has 1 unspecified atom stereocenters. The first-order valence-electron chi connectivity index (χ1n) is 6.23. The number of aliphatic hydroxyl groups excluding tert-OH is 1. The summed E-state index contributed by atoms with van der Waals surface area (Å²) in [7, 11) is 0. The maximum atomic E-state index is 13.7. The Hall–Kier alpha value is -1.42. The first-order valence-corrected chi connectivity index (χ1v) is 7.49. The molecule has 0 saturated carbocycles. The zero-order valence-electron chi connectivity index (χ0n) is 10.5. The molecule has 20 heavy (non-hydrogen) atoms. The van der Waals surface area contributed by atoms with Crippen molar-refractivity contribution in [1.29, 1.82) is 0 Å². The van der Waals surface area contributed by atoms with Gasteiger partial charge in [0.15, 0.2) is 0 Å². The van der Waals surface area contributed by atoms with Crippen LogP contribution in [0.5, 0.6) is 0 Å². The number of halogens is 2. The molecular weight excluding hydrogens is 295 g/mol. The average molecular weight is 307 g/mol. The van der Waals surface area contributed by atoms with Crippen LogP contribution in [0.2, 0.25) is 5.02 Å². The summed E-state index contributed by atoms with van der Waals surface area (Å²) in [4.78, 5) is 0. The highest BCUT2D eigenvalue weighted by Crippen LogP contribution is 2.30. The van der Waals surface area contributed by atoms with Crippen LogP contribution in [-0.2, 0) is 6.42 Å². The van der Waals surface area contributed by atoms with Gasteiger partial charge >= 0.3 is 0 Å². The monoisotopic (exact) mass is 306 g/mol. The Balaban J connectivity index is 1.92. The summed E-state index contributed by atoms with van der Waals surface area (Å²) < 4.78 is 14.9. The lowest BCUT2D eigenvalue weighted by Gasteiger charge is -2.12. The van der Waals surface area contributed by atoms with Gasteiger partial charge < -0.3 is 5.11 Å². The van der Waals surface area contributed by atoms with Crippen LogP contribution in [0.1, 0.15) is 17.2 Å². The predicted molar refractivity (Wildman–Crippen MR) is 81.9 cm³/mol. The van der Waals surface area contributed by atoms with E-state index in [1.807, 2.05) is 29.6 Å². The van der Waals surface area contributed by atoms with Crippen LogP contribution in [-0.4, -0.2) is 5.11 Å². The molecule has 102 valence electrons. The van der Waals surface area contributed by atoms with Crippen LogP contribution in [0.3, 0.4) is 0 Å². The smallest absolute Gasteiger partial charge is 0.129 e. The van der Waals surface area contributed by atoms with Gasteiger partial charge in [-0.3, -0.25) is 0 Å². The largest absolute Gasteiger partial charge is 0.388 e. The van der Waals surface area contributed by atoms with Crippen molar-refractivity contribution in [3.05, 3.63) is 69.8 Å². The van der Waals surface area contributed by atoms with E-state index >= 15 is 0 Å². The molecule has 0 amide bonds. The first kappa shape index (κ1) is 13.6. The molecule has 2 aromatic carbocycles. The second kappa shape index (κ2) is 5.52. The lowest BCUT2D eigenvalue weighted by Crippen LogP contribution is -2.04. The second-order valence-electron chi connectivity index (χ2n) is 4.64. The third kappa shape index (κ3) is 2.57. The molecule has 4 heteroatoms. The van der Waals surface area contributed by atoms with E-state index in [4.69, 9.17) is 11.6 Å². The molecule has 0 aliphatic carbocycles.